The number of nitrogens with zero attached hydrogens (tertiary/aromatic N) is 4. The van der Waals surface area contributed by atoms with Gasteiger partial charge in [0.15, 0.2) is 4.96 Å². The molecule has 3 aromatic rings. The zero-order valence-electron chi connectivity index (χ0n) is 12.0. The lowest BCUT2D eigenvalue weighted by molar-refractivity contribution is -0.0156. The first-order chi connectivity index (χ1) is 10.3. The van der Waals surface area contributed by atoms with Gasteiger partial charge in [-0.2, -0.15) is 0 Å². The SMILES string of the molecule is Cn1cccc1[C@@H]1COCCN1Cc1cn2ccsc2n1. The quantitative estimate of drug-likeness (QED) is 0.744. The van der Waals surface area contributed by atoms with Gasteiger partial charge in [0.1, 0.15) is 0 Å². The van der Waals surface area contributed by atoms with Crippen LogP contribution in [0.2, 0.25) is 0 Å². The molecule has 0 aromatic carbocycles. The van der Waals surface area contributed by atoms with Gasteiger partial charge in [0, 0.05) is 49.8 Å². The van der Waals surface area contributed by atoms with Gasteiger partial charge in [0.05, 0.1) is 24.9 Å². The summed E-state index contributed by atoms with van der Waals surface area (Å²) in [5.74, 6) is 0. The molecule has 4 rings (SSSR count). The number of thiazole rings is 1. The Morgan fingerprint density at radius 3 is 3.19 bits per heavy atom. The van der Waals surface area contributed by atoms with Crippen molar-refractivity contribution in [3.63, 3.8) is 0 Å². The summed E-state index contributed by atoms with van der Waals surface area (Å²) >= 11 is 1.68. The maximum Gasteiger partial charge on any atom is 0.193 e. The number of imidazole rings is 1. The molecule has 1 fully saturated rings. The highest BCUT2D eigenvalue weighted by atomic mass is 32.1. The van der Waals surface area contributed by atoms with Gasteiger partial charge in [-0.3, -0.25) is 9.30 Å². The van der Waals surface area contributed by atoms with Crippen LogP contribution in [0.3, 0.4) is 0 Å². The van der Waals surface area contributed by atoms with Crippen molar-refractivity contribution < 1.29 is 4.74 Å². The second kappa shape index (κ2) is 5.29. The Bertz CT molecular complexity index is 715. The first kappa shape index (κ1) is 13.1. The van der Waals surface area contributed by atoms with Gasteiger partial charge in [-0.15, -0.1) is 11.3 Å². The van der Waals surface area contributed by atoms with E-state index in [1.54, 1.807) is 11.3 Å². The Morgan fingerprint density at radius 2 is 2.38 bits per heavy atom. The predicted octanol–water partition coefficient (Wildman–Crippen LogP) is 2.31. The second-order valence-electron chi connectivity index (χ2n) is 5.43. The largest absolute Gasteiger partial charge is 0.378 e. The maximum atomic E-state index is 5.69. The molecule has 0 N–H and O–H groups in total. The zero-order valence-corrected chi connectivity index (χ0v) is 12.8. The fourth-order valence-corrected chi connectivity index (χ4v) is 3.70. The van der Waals surface area contributed by atoms with E-state index < -0.39 is 0 Å². The molecule has 0 amide bonds. The predicted molar refractivity (Wildman–Crippen MR) is 82.5 cm³/mol. The van der Waals surface area contributed by atoms with Gasteiger partial charge in [-0.25, -0.2) is 4.98 Å². The summed E-state index contributed by atoms with van der Waals surface area (Å²) < 4.78 is 9.97. The van der Waals surface area contributed by atoms with E-state index in [0.29, 0.717) is 6.04 Å². The molecule has 1 aliphatic rings. The zero-order chi connectivity index (χ0) is 14.2. The summed E-state index contributed by atoms with van der Waals surface area (Å²) in [5, 5.41) is 2.06. The Balaban J connectivity index is 1.59. The Labute approximate surface area is 127 Å². The number of aryl methyl sites for hydroxylation is 1. The molecule has 1 atom stereocenters. The standard InChI is InChI=1S/C15H18N4OS/c1-17-4-2-3-13(17)14-11-20-7-5-18(14)9-12-10-19-6-8-21-15(19)16-12/h2-4,6,8,10,14H,5,7,9,11H2,1H3/t14-/m0/s1. The van der Waals surface area contributed by atoms with Crippen LogP contribution < -0.4 is 0 Å². The van der Waals surface area contributed by atoms with E-state index in [9.17, 15) is 0 Å². The summed E-state index contributed by atoms with van der Waals surface area (Å²) in [6.45, 7) is 3.36. The van der Waals surface area contributed by atoms with Crippen molar-refractivity contribution in [1.29, 1.82) is 0 Å². The van der Waals surface area contributed by atoms with Crippen LogP contribution in [0.1, 0.15) is 17.4 Å². The normalized spacial score (nSPS) is 20.3. The van der Waals surface area contributed by atoms with E-state index in [-0.39, 0.29) is 0 Å². The van der Waals surface area contributed by atoms with E-state index in [0.717, 1.165) is 37.0 Å². The summed E-state index contributed by atoms with van der Waals surface area (Å²) in [6, 6.07) is 4.57. The topological polar surface area (TPSA) is 34.7 Å². The third kappa shape index (κ3) is 2.39. The number of aromatic nitrogens is 3. The van der Waals surface area contributed by atoms with Gasteiger partial charge < -0.3 is 9.30 Å². The van der Waals surface area contributed by atoms with Crippen molar-refractivity contribution >= 4 is 16.3 Å². The minimum atomic E-state index is 0.304. The summed E-state index contributed by atoms with van der Waals surface area (Å²) in [7, 11) is 2.09. The van der Waals surface area contributed by atoms with Gasteiger partial charge in [-0.1, -0.05) is 0 Å². The first-order valence-corrected chi connectivity index (χ1v) is 8.03. The van der Waals surface area contributed by atoms with Gasteiger partial charge >= 0.3 is 0 Å². The lowest BCUT2D eigenvalue weighted by Gasteiger charge is -2.35. The number of hydrogen-bond acceptors (Lipinski definition) is 4. The van der Waals surface area contributed by atoms with E-state index in [4.69, 9.17) is 9.72 Å². The maximum absolute atomic E-state index is 5.69. The van der Waals surface area contributed by atoms with Crippen molar-refractivity contribution in [1.82, 2.24) is 18.9 Å². The third-order valence-electron chi connectivity index (χ3n) is 4.07. The Morgan fingerprint density at radius 1 is 1.43 bits per heavy atom. The fourth-order valence-electron chi connectivity index (χ4n) is 2.98. The molecule has 0 aliphatic carbocycles. The molecular weight excluding hydrogens is 284 g/mol. The second-order valence-corrected chi connectivity index (χ2v) is 6.30. The minimum absolute atomic E-state index is 0.304. The van der Waals surface area contributed by atoms with Gasteiger partial charge in [0.2, 0.25) is 0 Å². The monoisotopic (exact) mass is 302 g/mol. The average Bonchev–Trinajstić information content (AvgIpc) is 3.15. The van der Waals surface area contributed by atoms with E-state index in [1.807, 2.05) is 0 Å². The Kier molecular flexibility index (Phi) is 3.29. The smallest absolute Gasteiger partial charge is 0.193 e. The number of hydrogen-bond donors (Lipinski definition) is 0. The lowest BCUT2D eigenvalue weighted by atomic mass is 10.1. The van der Waals surface area contributed by atoms with Crippen LogP contribution in [0.25, 0.3) is 4.96 Å². The molecule has 4 heterocycles. The lowest BCUT2D eigenvalue weighted by Crippen LogP contribution is -2.39. The van der Waals surface area contributed by atoms with Crippen LogP contribution in [-0.2, 0) is 18.3 Å². The fraction of sp³-hybridized carbons (Fsp3) is 0.400. The summed E-state index contributed by atoms with van der Waals surface area (Å²) in [5.41, 5.74) is 2.43. The molecule has 21 heavy (non-hydrogen) atoms. The molecule has 5 nitrogen and oxygen atoms in total. The Hall–Kier alpha value is -1.63. The summed E-state index contributed by atoms with van der Waals surface area (Å²) in [6.07, 6.45) is 6.28. The molecule has 1 aliphatic heterocycles. The van der Waals surface area contributed by atoms with Crippen molar-refractivity contribution in [3.05, 3.63) is 47.5 Å². The third-order valence-corrected chi connectivity index (χ3v) is 4.84. The highest BCUT2D eigenvalue weighted by Gasteiger charge is 2.26. The van der Waals surface area contributed by atoms with Gasteiger partial charge in [-0.05, 0) is 12.1 Å². The van der Waals surface area contributed by atoms with Crippen molar-refractivity contribution in [2.75, 3.05) is 19.8 Å². The average molecular weight is 302 g/mol. The molecular formula is C15H18N4OS. The van der Waals surface area contributed by atoms with Crippen LogP contribution in [-0.4, -0.2) is 38.6 Å². The minimum Gasteiger partial charge on any atom is -0.378 e. The number of rotatable bonds is 3. The molecule has 0 unspecified atom stereocenters. The van der Waals surface area contributed by atoms with Crippen LogP contribution in [0.15, 0.2) is 36.1 Å². The van der Waals surface area contributed by atoms with Crippen LogP contribution in [0, 0.1) is 0 Å². The molecule has 3 aromatic heterocycles. The molecule has 0 radical (unpaired) electrons. The first-order valence-electron chi connectivity index (χ1n) is 7.15. The highest BCUT2D eigenvalue weighted by molar-refractivity contribution is 7.15. The molecule has 0 spiro atoms. The van der Waals surface area contributed by atoms with Crippen molar-refractivity contribution in [2.45, 2.75) is 12.6 Å². The van der Waals surface area contributed by atoms with Crippen LogP contribution in [0.4, 0.5) is 0 Å². The molecule has 110 valence electrons. The van der Waals surface area contributed by atoms with Crippen LogP contribution >= 0.6 is 11.3 Å². The van der Waals surface area contributed by atoms with E-state index in [2.05, 4.69) is 57.0 Å². The molecule has 0 bridgehead atoms. The van der Waals surface area contributed by atoms with Gasteiger partial charge in [0.25, 0.3) is 0 Å². The summed E-state index contributed by atoms with van der Waals surface area (Å²) in [4.78, 5) is 8.22. The molecule has 6 heteroatoms. The number of fused-ring (bicyclic) bond motifs is 1. The van der Waals surface area contributed by atoms with E-state index >= 15 is 0 Å². The van der Waals surface area contributed by atoms with E-state index in [1.165, 1.54) is 5.69 Å². The molecule has 0 saturated carbocycles. The van der Waals surface area contributed by atoms with Crippen molar-refractivity contribution in [2.24, 2.45) is 7.05 Å². The highest BCUT2D eigenvalue weighted by Crippen LogP contribution is 2.26. The van der Waals surface area contributed by atoms with Crippen LogP contribution in [0.5, 0.6) is 0 Å². The molecule has 1 saturated heterocycles. The number of morpholine rings is 1. The van der Waals surface area contributed by atoms with Crippen molar-refractivity contribution in [3.8, 4) is 0 Å². The number of ether oxygens (including phenoxy) is 1.